The van der Waals surface area contributed by atoms with Gasteiger partial charge in [-0.1, -0.05) is 12.1 Å². The number of ether oxygens (including phenoxy) is 1. The Morgan fingerprint density at radius 2 is 2.14 bits per heavy atom. The number of nitrogens with one attached hydrogen (secondary N) is 1. The van der Waals surface area contributed by atoms with Gasteiger partial charge in [0.05, 0.1) is 13.2 Å². The van der Waals surface area contributed by atoms with Crippen LogP contribution in [0.15, 0.2) is 29.3 Å². The first kappa shape index (κ1) is 20.6. The summed E-state index contributed by atoms with van der Waals surface area (Å²) in [5.41, 5.74) is 1.84. The van der Waals surface area contributed by atoms with Gasteiger partial charge in [-0.3, -0.25) is 4.79 Å². The van der Waals surface area contributed by atoms with Crippen molar-refractivity contribution in [2.75, 3.05) is 46.4 Å². The zero-order valence-electron chi connectivity index (χ0n) is 17.3. The molecule has 3 rings (SSSR count). The molecule has 1 aromatic rings. The average molecular weight is 387 g/mol. The molecule has 2 fully saturated rings. The van der Waals surface area contributed by atoms with Crippen molar-refractivity contribution in [2.24, 2.45) is 10.9 Å². The minimum atomic E-state index is 0.149. The Kier molecular flexibility index (Phi) is 7.71. The second-order valence-electron chi connectivity index (χ2n) is 7.83. The number of likely N-dealkylation sites (tertiary alicyclic amines) is 1. The van der Waals surface area contributed by atoms with Gasteiger partial charge in [0, 0.05) is 51.3 Å². The van der Waals surface area contributed by atoms with Crippen LogP contribution >= 0.6 is 0 Å². The minimum Gasteiger partial charge on any atom is -0.381 e. The first-order valence-corrected chi connectivity index (χ1v) is 10.6. The second kappa shape index (κ2) is 10.5. The molecule has 2 heterocycles. The van der Waals surface area contributed by atoms with Gasteiger partial charge in [0.15, 0.2) is 5.96 Å². The number of guanidine groups is 1. The topological polar surface area (TPSA) is 57.2 Å². The number of hydrogen-bond acceptors (Lipinski definition) is 3. The summed E-state index contributed by atoms with van der Waals surface area (Å²) < 4.78 is 5.49. The molecule has 0 bridgehead atoms. The zero-order valence-corrected chi connectivity index (χ0v) is 17.3. The van der Waals surface area contributed by atoms with Gasteiger partial charge in [0.25, 0.3) is 5.91 Å². The van der Waals surface area contributed by atoms with E-state index in [1.54, 1.807) is 0 Å². The van der Waals surface area contributed by atoms with Crippen LogP contribution in [0.1, 0.15) is 48.5 Å². The van der Waals surface area contributed by atoms with E-state index in [-0.39, 0.29) is 5.91 Å². The Labute approximate surface area is 168 Å². The maximum Gasteiger partial charge on any atom is 0.253 e. The fraction of sp³-hybridized carbons (Fsp3) is 0.636. The quantitative estimate of drug-likeness (QED) is 0.603. The van der Waals surface area contributed by atoms with Crippen LogP contribution in [-0.4, -0.2) is 68.1 Å². The van der Waals surface area contributed by atoms with Gasteiger partial charge in [-0.25, -0.2) is 4.99 Å². The maximum atomic E-state index is 12.8. The number of nitrogens with zero attached hydrogens (tertiary/aromatic N) is 3. The van der Waals surface area contributed by atoms with Crippen molar-refractivity contribution in [2.45, 2.75) is 39.2 Å². The molecule has 1 unspecified atom stereocenters. The number of carbonyl (C=O) groups is 1. The van der Waals surface area contributed by atoms with E-state index in [0.29, 0.717) is 12.5 Å². The molecule has 0 aliphatic carbocycles. The molecule has 28 heavy (non-hydrogen) atoms. The van der Waals surface area contributed by atoms with Crippen molar-refractivity contribution in [3.05, 3.63) is 35.4 Å². The normalized spacial score (nSPS) is 20.3. The van der Waals surface area contributed by atoms with Crippen LogP contribution in [0.2, 0.25) is 0 Å². The van der Waals surface area contributed by atoms with E-state index in [1.165, 1.54) is 6.42 Å². The van der Waals surface area contributed by atoms with Gasteiger partial charge in [-0.2, -0.15) is 0 Å². The van der Waals surface area contributed by atoms with Crippen LogP contribution in [0, 0.1) is 5.92 Å². The summed E-state index contributed by atoms with van der Waals surface area (Å²) in [6.45, 7) is 7.88. The molecule has 154 valence electrons. The molecule has 2 aliphatic rings. The Bertz CT molecular complexity index is 664. The van der Waals surface area contributed by atoms with Crippen LogP contribution in [0.5, 0.6) is 0 Å². The number of piperidine rings is 1. The second-order valence-corrected chi connectivity index (χ2v) is 7.83. The van der Waals surface area contributed by atoms with Gasteiger partial charge in [0.1, 0.15) is 0 Å². The van der Waals surface area contributed by atoms with Crippen LogP contribution < -0.4 is 5.32 Å². The first-order valence-electron chi connectivity index (χ1n) is 10.6. The number of amides is 1. The summed E-state index contributed by atoms with van der Waals surface area (Å²) >= 11 is 0. The smallest absolute Gasteiger partial charge is 0.253 e. The number of rotatable bonds is 6. The van der Waals surface area contributed by atoms with E-state index < -0.39 is 0 Å². The highest BCUT2D eigenvalue weighted by atomic mass is 16.5. The van der Waals surface area contributed by atoms with E-state index in [1.807, 2.05) is 29.2 Å². The number of carbonyl (C=O) groups excluding carboxylic acids is 1. The molecule has 1 atom stereocenters. The highest BCUT2D eigenvalue weighted by Crippen LogP contribution is 2.16. The fourth-order valence-electron chi connectivity index (χ4n) is 3.92. The van der Waals surface area contributed by atoms with E-state index in [9.17, 15) is 4.79 Å². The monoisotopic (exact) mass is 386 g/mol. The lowest BCUT2D eigenvalue weighted by molar-refractivity contribution is 0.0724. The Morgan fingerprint density at radius 3 is 2.86 bits per heavy atom. The molecule has 6 heteroatoms. The molecule has 2 saturated heterocycles. The Morgan fingerprint density at radius 1 is 1.32 bits per heavy atom. The fourth-order valence-corrected chi connectivity index (χ4v) is 3.92. The Balaban J connectivity index is 1.63. The molecule has 0 spiro atoms. The third-order valence-corrected chi connectivity index (χ3v) is 5.48. The largest absolute Gasteiger partial charge is 0.381 e. The lowest BCUT2D eigenvalue weighted by atomic mass is 10.1. The minimum absolute atomic E-state index is 0.149. The van der Waals surface area contributed by atoms with Crippen LogP contribution in [0.4, 0.5) is 0 Å². The summed E-state index contributed by atoms with van der Waals surface area (Å²) in [5, 5.41) is 3.38. The summed E-state index contributed by atoms with van der Waals surface area (Å²) in [7, 11) is 2.08. The standard InChI is InChI=1S/C22H34N4O2/c1-3-23-22(25(2)16-19-10-13-28-17-19)24-15-18-8-7-9-20(14-18)21(27)26-11-5-4-6-12-26/h7-9,14,19H,3-6,10-13,15-17H2,1-2H3,(H,23,24). The highest BCUT2D eigenvalue weighted by Gasteiger charge is 2.20. The highest BCUT2D eigenvalue weighted by molar-refractivity contribution is 5.94. The molecule has 0 aromatic heterocycles. The first-order chi connectivity index (χ1) is 13.7. The number of benzene rings is 1. The third-order valence-electron chi connectivity index (χ3n) is 5.48. The van der Waals surface area contributed by atoms with Crippen molar-refractivity contribution in [1.82, 2.24) is 15.1 Å². The summed E-state index contributed by atoms with van der Waals surface area (Å²) in [6, 6.07) is 7.93. The molecular weight excluding hydrogens is 352 g/mol. The molecule has 1 aromatic carbocycles. The SMILES string of the molecule is CCNC(=NCc1cccc(C(=O)N2CCCCC2)c1)N(C)CC1CCOC1. The summed E-state index contributed by atoms with van der Waals surface area (Å²) in [5.74, 6) is 1.62. The predicted octanol–water partition coefficient (Wildman–Crippen LogP) is 2.75. The van der Waals surface area contributed by atoms with Gasteiger partial charge in [0.2, 0.25) is 0 Å². The van der Waals surface area contributed by atoms with Gasteiger partial charge >= 0.3 is 0 Å². The van der Waals surface area contributed by atoms with E-state index >= 15 is 0 Å². The molecule has 6 nitrogen and oxygen atoms in total. The van der Waals surface area contributed by atoms with Crippen LogP contribution in [0.25, 0.3) is 0 Å². The van der Waals surface area contributed by atoms with Crippen molar-refractivity contribution >= 4 is 11.9 Å². The zero-order chi connectivity index (χ0) is 19.8. The van der Waals surface area contributed by atoms with Gasteiger partial charge < -0.3 is 19.9 Å². The third kappa shape index (κ3) is 5.71. The van der Waals surface area contributed by atoms with E-state index in [2.05, 4.69) is 24.2 Å². The predicted molar refractivity (Wildman–Crippen MR) is 113 cm³/mol. The summed E-state index contributed by atoms with van der Waals surface area (Å²) in [6.07, 6.45) is 4.57. The van der Waals surface area contributed by atoms with Crippen molar-refractivity contribution in [3.8, 4) is 0 Å². The van der Waals surface area contributed by atoms with Crippen LogP contribution in [0.3, 0.4) is 0 Å². The maximum absolute atomic E-state index is 12.8. The molecule has 1 N–H and O–H groups in total. The lowest BCUT2D eigenvalue weighted by Crippen LogP contribution is -2.41. The molecule has 2 aliphatic heterocycles. The molecular formula is C22H34N4O2. The van der Waals surface area contributed by atoms with Crippen molar-refractivity contribution in [3.63, 3.8) is 0 Å². The lowest BCUT2D eigenvalue weighted by Gasteiger charge is -2.27. The van der Waals surface area contributed by atoms with E-state index in [4.69, 9.17) is 9.73 Å². The Hall–Kier alpha value is -2.08. The van der Waals surface area contributed by atoms with Gasteiger partial charge in [-0.05, 0) is 50.3 Å². The number of aliphatic imine (C=N–C) groups is 1. The molecule has 1 amide bonds. The summed E-state index contributed by atoms with van der Waals surface area (Å²) in [4.78, 5) is 21.7. The number of hydrogen-bond donors (Lipinski definition) is 1. The van der Waals surface area contributed by atoms with Crippen LogP contribution in [-0.2, 0) is 11.3 Å². The molecule has 0 radical (unpaired) electrons. The average Bonchev–Trinajstić information content (AvgIpc) is 3.24. The van der Waals surface area contributed by atoms with Crippen molar-refractivity contribution in [1.29, 1.82) is 0 Å². The van der Waals surface area contributed by atoms with Crippen molar-refractivity contribution < 1.29 is 9.53 Å². The van der Waals surface area contributed by atoms with E-state index in [0.717, 1.165) is 75.7 Å². The van der Waals surface area contributed by atoms with Gasteiger partial charge in [-0.15, -0.1) is 0 Å². The molecule has 0 saturated carbocycles.